The van der Waals surface area contributed by atoms with Crippen LogP contribution < -0.4 is 5.32 Å². The Labute approximate surface area is 78.7 Å². The fourth-order valence-electron chi connectivity index (χ4n) is 1.20. The van der Waals surface area contributed by atoms with Crippen LogP contribution >= 0.6 is 11.6 Å². The molecular weight excluding hydrogens is 170 g/mol. The van der Waals surface area contributed by atoms with E-state index in [1.54, 1.807) is 0 Å². The molecule has 0 heterocycles. The first-order chi connectivity index (χ1) is 5.74. The van der Waals surface area contributed by atoms with Crippen LogP contribution in [0.4, 0.5) is 0 Å². The summed E-state index contributed by atoms with van der Waals surface area (Å²) >= 11 is 5.86. The number of rotatable bonds is 3. The topological polar surface area (TPSA) is 12.0 Å². The van der Waals surface area contributed by atoms with Crippen LogP contribution in [0.1, 0.15) is 25.5 Å². The van der Waals surface area contributed by atoms with Crippen LogP contribution in [0.15, 0.2) is 24.3 Å². The molecule has 0 amide bonds. The monoisotopic (exact) mass is 183 g/mol. The Balaban J connectivity index is 2.73. The summed E-state index contributed by atoms with van der Waals surface area (Å²) in [6, 6.07) is 8.33. The van der Waals surface area contributed by atoms with Crippen LogP contribution in [0, 0.1) is 0 Å². The number of nitrogens with one attached hydrogen (secondary N) is 1. The van der Waals surface area contributed by atoms with Gasteiger partial charge in [-0.3, -0.25) is 0 Å². The van der Waals surface area contributed by atoms with E-state index >= 15 is 0 Å². The lowest BCUT2D eigenvalue weighted by atomic mass is 10.1. The molecular formula is C10H14ClN. The molecule has 1 nitrogen and oxygen atoms in total. The lowest BCUT2D eigenvalue weighted by Crippen LogP contribution is -2.17. The molecule has 66 valence electrons. The first-order valence-electron chi connectivity index (χ1n) is 4.23. The highest BCUT2D eigenvalue weighted by atomic mass is 35.5. The van der Waals surface area contributed by atoms with Gasteiger partial charge in [-0.05, 0) is 31.2 Å². The molecule has 0 fully saturated rings. The number of hydrogen-bond donors (Lipinski definition) is 1. The van der Waals surface area contributed by atoms with Gasteiger partial charge in [-0.15, -0.1) is 0 Å². The fourth-order valence-corrected chi connectivity index (χ4v) is 1.40. The smallest absolute Gasteiger partial charge is 0.0409 e. The van der Waals surface area contributed by atoms with E-state index < -0.39 is 0 Å². The van der Waals surface area contributed by atoms with Crippen molar-refractivity contribution in [2.24, 2.45) is 0 Å². The SMILES string of the molecule is CCN[C@@H](C)c1cccc(Cl)c1. The first-order valence-corrected chi connectivity index (χ1v) is 4.60. The minimum atomic E-state index is 0.383. The Morgan fingerprint density at radius 1 is 1.50 bits per heavy atom. The van der Waals surface area contributed by atoms with E-state index in [1.165, 1.54) is 5.56 Å². The minimum Gasteiger partial charge on any atom is -0.310 e. The predicted octanol–water partition coefficient (Wildman–Crippen LogP) is 3.01. The summed E-state index contributed by atoms with van der Waals surface area (Å²) in [5, 5.41) is 4.13. The van der Waals surface area contributed by atoms with Crippen LogP contribution in [0.25, 0.3) is 0 Å². The Morgan fingerprint density at radius 2 is 2.25 bits per heavy atom. The van der Waals surface area contributed by atoms with Gasteiger partial charge in [0.15, 0.2) is 0 Å². The molecule has 0 bridgehead atoms. The molecule has 1 N–H and O–H groups in total. The summed E-state index contributed by atoms with van der Waals surface area (Å²) in [6.45, 7) is 5.21. The maximum atomic E-state index is 5.86. The zero-order valence-electron chi connectivity index (χ0n) is 7.47. The summed E-state index contributed by atoms with van der Waals surface area (Å²) in [5.74, 6) is 0. The molecule has 1 atom stereocenters. The molecule has 0 aromatic heterocycles. The van der Waals surface area contributed by atoms with Gasteiger partial charge in [0.2, 0.25) is 0 Å². The van der Waals surface area contributed by atoms with Crippen LogP contribution in [0.5, 0.6) is 0 Å². The molecule has 0 aliphatic rings. The van der Waals surface area contributed by atoms with Gasteiger partial charge in [0.05, 0.1) is 0 Å². The highest BCUT2D eigenvalue weighted by molar-refractivity contribution is 6.30. The fraction of sp³-hybridized carbons (Fsp3) is 0.400. The largest absolute Gasteiger partial charge is 0.310 e. The van der Waals surface area contributed by atoms with Crippen molar-refractivity contribution in [2.75, 3.05) is 6.54 Å². The Morgan fingerprint density at radius 3 is 2.83 bits per heavy atom. The van der Waals surface area contributed by atoms with Crippen molar-refractivity contribution in [3.8, 4) is 0 Å². The van der Waals surface area contributed by atoms with Crippen LogP contribution in [-0.2, 0) is 0 Å². The number of hydrogen-bond acceptors (Lipinski definition) is 1. The second-order valence-electron chi connectivity index (χ2n) is 2.83. The summed E-state index contributed by atoms with van der Waals surface area (Å²) < 4.78 is 0. The Kier molecular flexibility index (Phi) is 3.57. The Hall–Kier alpha value is -0.530. The summed E-state index contributed by atoms with van der Waals surface area (Å²) in [4.78, 5) is 0. The predicted molar refractivity (Wildman–Crippen MR) is 53.5 cm³/mol. The molecule has 12 heavy (non-hydrogen) atoms. The average Bonchev–Trinajstić information content (AvgIpc) is 2.05. The molecule has 0 unspecified atom stereocenters. The van der Waals surface area contributed by atoms with E-state index in [1.807, 2.05) is 18.2 Å². The lowest BCUT2D eigenvalue weighted by molar-refractivity contribution is 0.598. The molecule has 0 aliphatic carbocycles. The van der Waals surface area contributed by atoms with Gasteiger partial charge >= 0.3 is 0 Å². The van der Waals surface area contributed by atoms with Crippen molar-refractivity contribution < 1.29 is 0 Å². The van der Waals surface area contributed by atoms with Crippen molar-refractivity contribution in [3.63, 3.8) is 0 Å². The van der Waals surface area contributed by atoms with Crippen LogP contribution in [-0.4, -0.2) is 6.54 Å². The standard InChI is InChI=1S/C10H14ClN/c1-3-12-8(2)9-5-4-6-10(11)7-9/h4-8,12H,3H2,1-2H3/t8-/m0/s1. The van der Waals surface area contributed by atoms with Crippen LogP contribution in [0.3, 0.4) is 0 Å². The first kappa shape index (κ1) is 9.56. The molecule has 0 spiro atoms. The average molecular weight is 184 g/mol. The molecule has 0 aliphatic heterocycles. The maximum absolute atomic E-state index is 5.86. The van der Waals surface area contributed by atoms with Gasteiger partial charge in [-0.25, -0.2) is 0 Å². The van der Waals surface area contributed by atoms with Gasteiger partial charge in [-0.2, -0.15) is 0 Å². The molecule has 2 heteroatoms. The Bertz CT molecular complexity index is 247. The van der Waals surface area contributed by atoms with Crippen molar-refractivity contribution in [2.45, 2.75) is 19.9 Å². The van der Waals surface area contributed by atoms with Crippen molar-refractivity contribution in [3.05, 3.63) is 34.9 Å². The third-order valence-corrected chi connectivity index (χ3v) is 2.09. The third-order valence-electron chi connectivity index (χ3n) is 1.86. The lowest BCUT2D eigenvalue weighted by Gasteiger charge is -2.12. The summed E-state index contributed by atoms with van der Waals surface area (Å²) in [5.41, 5.74) is 1.24. The van der Waals surface area contributed by atoms with E-state index in [-0.39, 0.29) is 0 Å². The van der Waals surface area contributed by atoms with Gasteiger partial charge in [0.25, 0.3) is 0 Å². The highest BCUT2D eigenvalue weighted by Gasteiger charge is 2.02. The molecule has 1 aromatic rings. The van der Waals surface area contributed by atoms with Gasteiger partial charge < -0.3 is 5.32 Å². The van der Waals surface area contributed by atoms with E-state index in [4.69, 9.17) is 11.6 Å². The third kappa shape index (κ3) is 2.50. The number of halogens is 1. The summed E-state index contributed by atoms with van der Waals surface area (Å²) in [7, 11) is 0. The van der Waals surface area contributed by atoms with Crippen molar-refractivity contribution in [1.29, 1.82) is 0 Å². The van der Waals surface area contributed by atoms with E-state index in [0.29, 0.717) is 6.04 Å². The maximum Gasteiger partial charge on any atom is 0.0409 e. The quantitative estimate of drug-likeness (QED) is 0.760. The van der Waals surface area contributed by atoms with Crippen molar-refractivity contribution in [1.82, 2.24) is 5.32 Å². The zero-order valence-corrected chi connectivity index (χ0v) is 8.23. The summed E-state index contributed by atoms with van der Waals surface area (Å²) in [6.07, 6.45) is 0. The molecule has 0 radical (unpaired) electrons. The van der Waals surface area contributed by atoms with E-state index in [9.17, 15) is 0 Å². The van der Waals surface area contributed by atoms with Crippen molar-refractivity contribution >= 4 is 11.6 Å². The van der Waals surface area contributed by atoms with Gasteiger partial charge in [0.1, 0.15) is 0 Å². The van der Waals surface area contributed by atoms with E-state index in [0.717, 1.165) is 11.6 Å². The molecule has 1 aromatic carbocycles. The zero-order chi connectivity index (χ0) is 8.97. The second-order valence-corrected chi connectivity index (χ2v) is 3.27. The van der Waals surface area contributed by atoms with E-state index in [2.05, 4.69) is 25.2 Å². The normalized spacial score (nSPS) is 12.9. The molecule has 0 saturated carbocycles. The second kappa shape index (κ2) is 4.48. The highest BCUT2D eigenvalue weighted by Crippen LogP contribution is 2.16. The van der Waals surface area contributed by atoms with Gasteiger partial charge in [0, 0.05) is 11.1 Å². The molecule has 1 rings (SSSR count). The number of benzene rings is 1. The van der Waals surface area contributed by atoms with Crippen LogP contribution in [0.2, 0.25) is 5.02 Å². The van der Waals surface area contributed by atoms with Gasteiger partial charge in [-0.1, -0.05) is 30.7 Å². The molecule has 0 saturated heterocycles. The minimum absolute atomic E-state index is 0.383.